The number of benzene rings is 1. The lowest BCUT2D eigenvalue weighted by molar-refractivity contribution is -0.143. The molecule has 1 aromatic heterocycles. The monoisotopic (exact) mass is 256 g/mol. The Bertz CT molecular complexity index is 590. The van der Waals surface area contributed by atoms with Crippen molar-refractivity contribution in [2.75, 3.05) is 7.11 Å². The molecule has 0 fully saturated rings. The minimum Gasteiger partial charge on any atom is -0.468 e. The minimum atomic E-state index is -0.227. The third-order valence-corrected chi connectivity index (χ3v) is 3.54. The summed E-state index contributed by atoms with van der Waals surface area (Å²) in [6.45, 7) is 0.699. The first kappa shape index (κ1) is 12.0. The number of nitrogens with zero attached hydrogens (tertiary/aromatic N) is 1. The van der Waals surface area contributed by atoms with Crippen LogP contribution in [0.1, 0.15) is 11.1 Å². The van der Waals surface area contributed by atoms with Gasteiger partial charge in [-0.05, 0) is 41.8 Å². The molecule has 1 aliphatic rings. The number of rotatable bonds is 2. The van der Waals surface area contributed by atoms with Crippen molar-refractivity contribution >= 4 is 5.97 Å². The van der Waals surface area contributed by atoms with E-state index in [0.717, 1.165) is 5.69 Å². The van der Waals surface area contributed by atoms with E-state index in [1.807, 2.05) is 24.5 Å². The highest BCUT2D eigenvalue weighted by Gasteiger charge is 2.24. The number of ether oxygens (including phenoxy) is 1. The molecule has 0 spiro atoms. The Kier molecular flexibility index (Phi) is 3.09. The summed E-state index contributed by atoms with van der Waals surface area (Å²) in [6.07, 6.45) is 4.73. The fraction of sp³-hybridized carbons (Fsp3) is 0.267. The highest BCUT2D eigenvalue weighted by Crippen LogP contribution is 2.21. The van der Waals surface area contributed by atoms with Crippen LogP contribution in [0.2, 0.25) is 0 Å². The smallest absolute Gasteiger partial charge is 0.323 e. The molecule has 19 heavy (non-hydrogen) atoms. The van der Waals surface area contributed by atoms with Crippen molar-refractivity contribution in [3.8, 4) is 5.69 Å². The zero-order chi connectivity index (χ0) is 13.2. The second kappa shape index (κ2) is 4.90. The molecule has 2 heterocycles. The van der Waals surface area contributed by atoms with Crippen LogP contribution in [0, 0.1) is 0 Å². The molecule has 0 unspecified atom stereocenters. The molecule has 1 aliphatic heterocycles. The van der Waals surface area contributed by atoms with Crippen LogP contribution in [0.15, 0.2) is 42.7 Å². The number of aromatic nitrogens is 1. The SMILES string of the molecule is COC(=O)[C@@H]1Cc2ccc(-n3cccc3)cc2CN1. The van der Waals surface area contributed by atoms with E-state index in [2.05, 4.69) is 28.1 Å². The summed E-state index contributed by atoms with van der Waals surface area (Å²) in [5, 5.41) is 3.21. The van der Waals surface area contributed by atoms with Crippen LogP contribution in [0.25, 0.3) is 5.69 Å². The molecule has 4 heteroatoms. The third-order valence-electron chi connectivity index (χ3n) is 3.54. The van der Waals surface area contributed by atoms with Crippen molar-refractivity contribution in [3.05, 3.63) is 53.9 Å². The van der Waals surface area contributed by atoms with Crippen LogP contribution in [0.3, 0.4) is 0 Å². The molecule has 1 atom stereocenters. The topological polar surface area (TPSA) is 43.3 Å². The summed E-state index contributed by atoms with van der Waals surface area (Å²) in [7, 11) is 1.43. The van der Waals surface area contributed by atoms with Crippen molar-refractivity contribution in [1.82, 2.24) is 9.88 Å². The highest BCUT2D eigenvalue weighted by atomic mass is 16.5. The van der Waals surface area contributed by atoms with Crippen molar-refractivity contribution in [3.63, 3.8) is 0 Å². The van der Waals surface area contributed by atoms with Gasteiger partial charge < -0.3 is 14.6 Å². The minimum absolute atomic E-state index is 0.194. The van der Waals surface area contributed by atoms with E-state index in [4.69, 9.17) is 4.74 Å². The van der Waals surface area contributed by atoms with E-state index in [9.17, 15) is 4.79 Å². The average Bonchev–Trinajstić information content (AvgIpc) is 2.99. The van der Waals surface area contributed by atoms with Gasteiger partial charge in [0.2, 0.25) is 0 Å². The quantitative estimate of drug-likeness (QED) is 0.831. The van der Waals surface area contributed by atoms with Gasteiger partial charge >= 0.3 is 5.97 Å². The molecule has 1 N–H and O–H groups in total. The average molecular weight is 256 g/mol. The van der Waals surface area contributed by atoms with E-state index in [0.29, 0.717) is 13.0 Å². The molecule has 98 valence electrons. The van der Waals surface area contributed by atoms with Gasteiger partial charge in [0.05, 0.1) is 7.11 Å². The van der Waals surface area contributed by atoms with E-state index in [1.165, 1.54) is 18.2 Å². The second-order valence-electron chi connectivity index (χ2n) is 4.70. The Morgan fingerprint density at radius 3 is 2.84 bits per heavy atom. The maximum absolute atomic E-state index is 11.5. The molecule has 3 rings (SSSR count). The van der Waals surface area contributed by atoms with E-state index in [1.54, 1.807) is 0 Å². The van der Waals surface area contributed by atoms with Gasteiger partial charge in [-0.2, -0.15) is 0 Å². The fourth-order valence-corrected chi connectivity index (χ4v) is 2.48. The Hall–Kier alpha value is -2.07. The number of esters is 1. The van der Waals surface area contributed by atoms with Crippen molar-refractivity contribution in [1.29, 1.82) is 0 Å². The zero-order valence-corrected chi connectivity index (χ0v) is 10.8. The number of carbonyl (C=O) groups excluding carboxylic acids is 1. The van der Waals surface area contributed by atoms with Gasteiger partial charge in [-0.15, -0.1) is 0 Å². The van der Waals surface area contributed by atoms with Crippen molar-refractivity contribution < 1.29 is 9.53 Å². The summed E-state index contributed by atoms with van der Waals surface area (Å²) in [6, 6.07) is 10.1. The van der Waals surface area contributed by atoms with E-state index >= 15 is 0 Å². The largest absolute Gasteiger partial charge is 0.468 e. The van der Waals surface area contributed by atoms with Gasteiger partial charge in [-0.3, -0.25) is 4.79 Å². The Balaban J connectivity index is 1.87. The summed E-state index contributed by atoms with van der Waals surface area (Å²) >= 11 is 0. The zero-order valence-electron chi connectivity index (χ0n) is 10.8. The Morgan fingerprint density at radius 1 is 1.32 bits per heavy atom. The van der Waals surface area contributed by atoms with Crippen LogP contribution in [0.4, 0.5) is 0 Å². The van der Waals surface area contributed by atoms with Gasteiger partial charge in [0, 0.05) is 24.6 Å². The molecule has 0 aliphatic carbocycles. The van der Waals surface area contributed by atoms with Crippen LogP contribution in [-0.2, 0) is 22.5 Å². The summed E-state index contributed by atoms with van der Waals surface area (Å²) in [5.74, 6) is -0.194. The van der Waals surface area contributed by atoms with Crippen LogP contribution in [0.5, 0.6) is 0 Å². The first-order valence-electron chi connectivity index (χ1n) is 6.34. The highest BCUT2D eigenvalue weighted by molar-refractivity contribution is 5.76. The Labute approximate surface area is 112 Å². The molecule has 2 aromatic rings. The third kappa shape index (κ3) is 2.27. The first-order chi connectivity index (χ1) is 9.28. The standard InChI is InChI=1S/C15H16N2O2/c1-19-15(18)14-9-11-4-5-13(8-12(11)10-16-14)17-6-2-3-7-17/h2-8,14,16H,9-10H2,1H3/t14-/m0/s1. The number of nitrogens with one attached hydrogen (secondary N) is 1. The van der Waals surface area contributed by atoms with Gasteiger partial charge in [-0.1, -0.05) is 6.07 Å². The summed E-state index contributed by atoms with van der Waals surface area (Å²) in [5.41, 5.74) is 3.60. The van der Waals surface area contributed by atoms with E-state index in [-0.39, 0.29) is 12.0 Å². The number of carbonyl (C=O) groups is 1. The Morgan fingerprint density at radius 2 is 2.11 bits per heavy atom. The number of hydrogen-bond donors (Lipinski definition) is 1. The lowest BCUT2D eigenvalue weighted by Gasteiger charge is -2.24. The normalized spacial score (nSPS) is 17.8. The molecule has 1 aromatic carbocycles. The van der Waals surface area contributed by atoms with Crippen LogP contribution >= 0.6 is 0 Å². The number of fused-ring (bicyclic) bond motifs is 1. The molecular weight excluding hydrogens is 240 g/mol. The van der Waals surface area contributed by atoms with Crippen LogP contribution in [-0.4, -0.2) is 23.7 Å². The lowest BCUT2D eigenvalue weighted by atomic mass is 9.95. The molecular formula is C15H16N2O2. The van der Waals surface area contributed by atoms with Crippen molar-refractivity contribution in [2.45, 2.75) is 19.0 Å². The summed E-state index contributed by atoms with van der Waals surface area (Å²) < 4.78 is 6.86. The molecule has 0 saturated carbocycles. The lowest BCUT2D eigenvalue weighted by Crippen LogP contribution is -2.42. The molecule has 0 saturated heterocycles. The van der Waals surface area contributed by atoms with Gasteiger partial charge in [-0.25, -0.2) is 0 Å². The molecule has 4 nitrogen and oxygen atoms in total. The number of methoxy groups -OCH3 is 1. The second-order valence-corrected chi connectivity index (χ2v) is 4.70. The number of hydrogen-bond acceptors (Lipinski definition) is 3. The van der Waals surface area contributed by atoms with Crippen molar-refractivity contribution in [2.24, 2.45) is 0 Å². The molecule has 0 radical (unpaired) electrons. The predicted molar refractivity (Wildman–Crippen MR) is 72.1 cm³/mol. The molecule has 0 bridgehead atoms. The maximum atomic E-state index is 11.5. The fourth-order valence-electron chi connectivity index (χ4n) is 2.48. The van der Waals surface area contributed by atoms with Gasteiger partial charge in [0.1, 0.15) is 6.04 Å². The summed E-state index contributed by atoms with van der Waals surface area (Å²) in [4.78, 5) is 11.5. The van der Waals surface area contributed by atoms with Gasteiger partial charge in [0.15, 0.2) is 0 Å². The molecule has 0 amide bonds. The first-order valence-corrected chi connectivity index (χ1v) is 6.34. The maximum Gasteiger partial charge on any atom is 0.323 e. The van der Waals surface area contributed by atoms with E-state index < -0.39 is 0 Å². The van der Waals surface area contributed by atoms with Gasteiger partial charge in [0.25, 0.3) is 0 Å². The predicted octanol–water partition coefficient (Wildman–Crippen LogP) is 1.66. The van der Waals surface area contributed by atoms with Crippen LogP contribution < -0.4 is 5.32 Å².